The van der Waals surface area contributed by atoms with Crippen molar-refractivity contribution in [2.45, 2.75) is 17.7 Å². The molecule has 1 amide bonds. The van der Waals surface area contributed by atoms with E-state index in [-0.39, 0.29) is 17.9 Å². The first-order valence-electron chi connectivity index (χ1n) is 8.09. The summed E-state index contributed by atoms with van der Waals surface area (Å²) in [7, 11) is -3.47. The minimum absolute atomic E-state index is 0.0895. The van der Waals surface area contributed by atoms with Gasteiger partial charge in [-0.05, 0) is 23.6 Å². The Balaban J connectivity index is 2.16. The van der Waals surface area contributed by atoms with Gasteiger partial charge >= 0.3 is 5.97 Å². The molecular formula is C19H21NO5S. The van der Waals surface area contributed by atoms with Crippen LogP contribution in [-0.4, -0.2) is 49.6 Å². The van der Waals surface area contributed by atoms with Crippen LogP contribution in [0.15, 0.2) is 59.5 Å². The van der Waals surface area contributed by atoms with E-state index in [0.717, 1.165) is 11.8 Å². The maximum atomic E-state index is 12.6. The summed E-state index contributed by atoms with van der Waals surface area (Å²) in [6, 6.07) is 15.7. The van der Waals surface area contributed by atoms with Crippen molar-refractivity contribution in [3.63, 3.8) is 0 Å². The van der Waals surface area contributed by atoms with E-state index in [2.05, 4.69) is 0 Å². The van der Waals surface area contributed by atoms with E-state index in [4.69, 9.17) is 5.11 Å². The molecule has 26 heavy (non-hydrogen) atoms. The van der Waals surface area contributed by atoms with Crippen molar-refractivity contribution in [2.24, 2.45) is 0 Å². The molecule has 0 atom stereocenters. The monoisotopic (exact) mass is 375 g/mol. The molecule has 0 aromatic heterocycles. The van der Waals surface area contributed by atoms with Gasteiger partial charge in [0.25, 0.3) is 0 Å². The first kappa shape index (κ1) is 19.7. The highest BCUT2D eigenvalue weighted by atomic mass is 32.2. The van der Waals surface area contributed by atoms with Gasteiger partial charge in [-0.1, -0.05) is 48.5 Å². The van der Waals surface area contributed by atoms with Crippen LogP contribution >= 0.6 is 0 Å². The number of sulfone groups is 1. The predicted molar refractivity (Wildman–Crippen MR) is 97.6 cm³/mol. The fourth-order valence-electron chi connectivity index (χ4n) is 2.65. The Morgan fingerprint density at radius 1 is 1.00 bits per heavy atom. The van der Waals surface area contributed by atoms with Gasteiger partial charge in [0.15, 0.2) is 9.84 Å². The largest absolute Gasteiger partial charge is 0.480 e. The van der Waals surface area contributed by atoms with E-state index >= 15 is 0 Å². The highest BCUT2D eigenvalue weighted by Crippen LogP contribution is 2.17. The zero-order valence-electron chi connectivity index (χ0n) is 14.5. The number of aliphatic carboxylic acids is 1. The number of carboxylic acids is 1. The SMILES string of the molecule is CS(=O)(=O)c1ccccc1CC(=O)N(CCc1ccccc1)CC(=O)O. The standard InChI is InChI=1S/C19H21NO5S/c1-26(24,25)17-10-6-5-9-16(17)13-18(21)20(14-19(22)23)12-11-15-7-3-2-4-8-15/h2-10H,11-14H2,1H3,(H,22,23). The summed E-state index contributed by atoms with van der Waals surface area (Å²) in [6.45, 7) is -0.178. The lowest BCUT2D eigenvalue weighted by Gasteiger charge is -2.21. The average molecular weight is 375 g/mol. The molecule has 2 aromatic rings. The van der Waals surface area contributed by atoms with Gasteiger partial charge in [0.1, 0.15) is 6.54 Å². The number of carbonyl (C=O) groups is 2. The number of rotatable bonds is 8. The van der Waals surface area contributed by atoms with Gasteiger partial charge in [-0.3, -0.25) is 9.59 Å². The summed E-state index contributed by atoms with van der Waals surface area (Å²) in [5.74, 6) is -1.53. The van der Waals surface area contributed by atoms with E-state index < -0.39 is 28.3 Å². The minimum atomic E-state index is -3.47. The molecule has 1 N–H and O–H groups in total. The predicted octanol–water partition coefficient (Wildman–Crippen LogP) is 1.79. The van der Waals surface area contributed by atoms with Crippen LogP contribution in [0.3, 0.4) is 0 Å². The number of carboxylic acid groups (broad SMARTS) is 1. The Labute approximate surface area is 153 Å². The molecule has 2 rings (SSSR count). The lowest BCUT2D eigenvalue weighted by atomic mass is 10.1. The zero-order chi connectivity index (χ0) is 19.2. The van der Waals surface area contributed by atoms with Crippen molar-refractivity contribution < 1.29 is 23.1 Å². The van der Waals surface area contributed by atoms with Crippen LogP contribution in [-0.2, 0) is 32.3 Å². The maximum Gasteiger partial charge on any atom is 0.323 e. The molecule has 7 heteroatoms. The van der Waals surface area contributed by atoms with Crippen molar-refractivity contribution >= 4 is 21.7 Å². The minimum Gasteiger partial charge on any atom is -0.480 e. The van der Waals surface area contributed by atoms with Gasteiger partial charge in [-0.2, -0.15) is 0 Å². The molecule has 0 saturated carbocycles. The smallest absolute Gasteiger partial charge is 0.323 e. The number of hydrogen-bond donors (Lipinski definition) is 1. The van der Waals surface area contributed by atoms with Crippen LogP contribution in [0, 0.1) is 0 Å². The Morgan fingerprint density at radius 2 is 1.62 bits per heavy atom. The van der Waals surface area contributed by atoms with Gasteiger partial charge < -0.3 is 10.0 Å². The quantitative estimate of drug-likeness (QED) is 0.759. The number of nitrogens with zero attached hydrogens (tertiary/aromatic N) is 1. The second-order valence-electron chi connectivity index (χ2n) is 6.00. The van der Waals surface area contributed by atoms with Gasteiger partial charge in [0.2, 0.25) is 5.91 Å². The highest BCUT2D eigenvalue weighted by Gasteiger charge is 2.20. The van der Waals surface area contributed by atoms with Crippen LogP contribution in [0.1, 0.15) is 11.1 Å². The average Bonchev–Trinajstić information content (AvgIpc) is 2.58. The Kier molecular flexibility index (Phi) is 6.52. The number of benzene rings is 2. The van der Waals surface area contributed by atoms with Crippen molar-refractivity contribution in [1.82, 2.24) is 4.90 Å². The fourth-order valence-corrected chi connectivity index (χ4v) is 3.59. The molecule has 0 fully saturated rings. The van der Waals surface area contributed by atoms with Crippen LogP contribution in [0.5, 0.6) is 0 Å². The molecule has 0 aliphatic heterocycles. The molecule has 0 bridgehead atoms. The van der Waals surface area contributed by atoms with E-state index in [1.807, 2.05) is 30.3 Å². The molecule has 138 valence electrons. The summed E-state index contributed by atoms with van der Waals surface area (Å²) in [6.07, 6.45) is 1.44. The molecule has 6 nitrogen and oxygen atoms in total. The molecule has 0 aliphatic rings. The van der Waals surface area contributed by atoms with Crippen molar-refractivity contribution in [1.29, 1.82) is 0 Å². The lowest BCUT2D eigenvalue weighted by molar-refractivity contribution is -0.144. The second-order valence-corrected chi connectivity index (χ2v) is 7.99. The molecule has 0 saturated heterocycles. The highest BCUT2D eigenvalue weighted by molar-refractivity contribution is 7.90. The Hall–Kier alpha value is -2.67. The first-order valence-corrected chi connectivity index (χ1v) is 9.98. The van der Waals surface area contributed by atoms with Crippen LogP contribution < -0.4 is 0 Å². The zero-order valence-corrected chi connectivity index (χ0v) is 15.3. The summed E-state index contributed by atoms with van der Waals surface area (Å²) in [5, 5.41) is 9.09. The third kappa shape index (κ3) is 5.70. The molecule has 2 aromatic carbocycles. The third-order valence-corrected chi connectivity index (χ3v) is 5.10. The molecule has 0 spiro atoms. The summed E-state index contributed by atoms with van der Waals surface area (Å²) < 4.78 is 23.7. The van der Waals surface area contributed by atoms with Crippen molar-refractivity contribution in [3.8, 4) is 0 Å². The van der Waals surface area contributed by atoms with Gasteiger partial charge in [-0.15, -0.1) is 0 Å². The van der Waals surface area contributed by atoms with E-state index in [0.29, 0.717) is 12.0 Å². The van der Waals surface area contributed by atoms with E-state index in [1.54, 1.807) is 18.2 Å². The number of carbonyl (C=O) groups excluding carboxylic acids is 1. The topological polar surface area (TPSA) is 91.8 Å². The maximum absolute atomic E-state index is 12.6. The molecule has 0 aliphatic carbocycles. The summed E-state index contributed by atoms with van der Waals surface area (Å²) in [4.78, 5) is 25.1. The number of amides is 1. The normalized spacial score (nSPS) is 11.1. The molecule has 0 unspecified atom stereocenters. The first-order chi connectivity index (χ1) is 12.3. The second kappa shape index (κ2) is 8.62. The fraction of sp³-hybridized carbons (Fsp3) is 0.263. The van der Waals surface area contributed by atoms with Crippen LogP contribution in [0.2, 0.25) is 0 Å². The van der Waals surface area contributed by atoms with E-state index in [1.165, 1.54) is 11.0 Å². The Morgan fingerprint density at radius 3 is 2.23 bits per heavy atom. The summed E-state index contributed by atoms with van der Waals surface area (Å²) >= 11 is 0. The van der Waals surface area contributed by atoms with Crippen LogP contribution in [0.25, 0.3) is 0 Å². The van der Waals surface area contributed by atoms with Gasteiger partial charge in [-0.25, -0.2) is 8.42 Å². The lowest BCUT2D eigenvalue weighted by Crippen LogP contribution is -2.38. The third-order valence-electron chi connectivity index (χ3n) is 3.91. The molecule has 0 radical (unpaired) electrons. The van der Waals surface area contributed by atoms with Crippen molar-refractivity contribution in [2.75, 3.05) is 19.3 Å². The van der Waals surface area contributed by atoms with E-state index in [9.17, 15) is 18.0 Å². The van der Waals surface area contributed by atoms with Gasteiger partial charge in [0, 0.05) is 12.8 Å². The van der Waals surface area contributed by atoms with Crippen molar-refractivity contribution in [3.05, 3.63) is 65.7 Å². The number of hydrogen-bond acceptors (Lipinski definition) is 4. The molecule has 0 heterocycles. The van der Waals surface area contributed by atoms with Crippen LogP contribution in [0.4, 0.5) is 0 Å². The summed E-state index contributed by atoms with van der Waals surface area (Å²) in [5.41, 5.74) is 1.36. The Bertz CT molecular complexity index is 878. The van der Waals surface area contributed by atoms with Gasteiger partial charge in [0.05, 0.1) is 11.3 Å². The molecular weight excluding hydrogens is 354 g/mol.